The summed E-state index contributed by atoms with van der Waals surface area (Å²) in [4.78, 5) is 2.50. The second-order valence-electron chi connectivity index (χ2n) is 5.83. The minimum Gasteiger partial charge on any atom is -0.377 e. The molecule has 1 fully saturated rings. The van der Waals surface area contributed by atoms with E-state index in [4.69, 9.17) is 4.74 Å². The maximum Gasteiger partial charge on any atom is 0.0674 e. The lowest BCUT2D eigenvalue weighted by molar-refractivity contribution is 0.0717. The van der Waals surface area contributed by atoms with Gasteiger partial charge in [-0.2, -0.15) is 0 Å². The van der Waals surface area contributed by atoms with Gasteiger partial charge in [-0.05, 0) is 31.0 Å². The van der Waals surface area contributed by atoms with Crippen LogP contribution < -0.4 is 4.90 Å². The molecule has 0 saturated carbocycles. The molecule has 0 unspecified atom stereocenters. The van der Waals surface area contributed by atoms with Crippen molar-refractivity contribution in [1.29, 1.82) is 0 Å². The largest absolute Gasteiger partial charge is 0.377 e. The lowest BCUT2D eigenvalue weighted by atomic mass is 10.1. The molecule has 0 aromatic heterocycles. The van der Waals surface area contributed by atoms with Crippen molar-refractivity contribution in [1.82, 2.24) is 0 Å². The molecule has 0 bridgehead atoms. The summed E-state index contributed by atoms with van der Waals surface area (Å²) in [5, 5.41) is 0. The van der Waals surface area contributed by atoms with Crippen LogP contribution in [-0.4, -0.2) is 25.3 Å². The Kier molecular flexibility index (Phi) is 4.92. The molecule has 114 valence electrons. The fourth-order valence-electron chi connectivity index (χ4n) is 3.07. The molecule has 0 N–H and O–H groups in total. The summed E-state index contributed by atoms with van der Waals surface area (Å²) in [7, 11) is 0. The Morgan fingerprint density at radius 1 is 1.00 bits per heavy atom. The Morgan fingerprint density at radius 2 is 1.68 bits per heavy atom. The van der Waals surface area contributed by atoms with Crippen molar-refractivity contribution >= 4 is 11.8 Å². The SMILES string of the molecule is C[C@H]1COC[C@@H](C/C=C/c2ccccc2)N1c1ccccc1. The third kappa shape index (κ3) is 3.58. The highest BCUT2D eigenvalue weighted by Crippen LogP contribution is 2.25. The first-order chi connectivity index (χ1) is 10.8. The molecule has 2 nitrogen and oxygen atoms in total. The summed E-state index contributed by atoms with van der Waals surface area (Å²) in [6.07, 6.45) is 5.45. The van der Waals surface area contributed by atoms with Gasteiger partial charge in [0.1, 0.15) is 0 Å². The van der Waals surface area contributed by atoms with Crippen LogP contribution in [0.25, 0.3) is 6.08 Å². The van der Waals surface area contributed by atoms with Gasteiger partial charge in [-0.3, -0.25) is 0 Å². The fraction of sp³-hybridized carbons (Fsp3) is 0.300. The highest BCUT2D eigenvalue weighted by molar-refractivity contribution is 5.51. The number of hydrogen-bond donors (Lipinski definition) is 0. The number of hydrogen-bond acceptors (Lipinski definition) is 2. The summed E-state index contributed by atoms with van der Waals surface area (Å²) >= 11 is 0. The van der Waals surface area contributed by atoms with Gasteiger partial charge in [0, 0.05) is 11.7 Å². The van der Waals surface area contributed by atoms with Crippen molar-refractivity contribution in [2.45, 2.75) is 25.4 Å². The lowest BCUT2D eigenvalue weighted by Gasteiger charge is -2.42. The first-order valence-corrected chi connectivity index (χ1v) is 7.97. The molecular weight excluding hydrogens is 270 g/mol. The molecule has 22 heavy (non-hydrogen) atoms. The highest BCUT2D eigenvalue weighted by Gasteiger charge is 2.27. The summed E-state index contributed by atoms with van der Waals surface area (Å²) in [6.45, 7) is 3.83. The van der Waals surface area contributed by atoms with Gasteiger partial charge in [0.25, 0.3) is 0 Å². The van der Waals surface area contributed by atoms with Crippen LogP contribution in [0.2, 0.25) is 0 Å². The topological polar surface area (TPSA) is 12.5 Å². The predicted molar refractivity (Wildman–Crippen MR) is 93.1 cm³/mol. The molecule has 1 aliphatic heterocycles. The van der Waals surface area contributed by atoms with E-state index in [0.717, 1.165) is 19.6 Å². The molecule has 2 aromatic carbocycles. The van der Waals surface area contributed by atoms with Crippen molar-refractivity contribution in [2.75, 3.05) is 18.1 Å². The maximum absolute atomic E-state index is 5.77. The van der Waals surface area contributed by atoms with Crippen LogP contribution in [0.3, 0.4) is 0 Å². The van der Waals surface area contributed by atoms with Gasteiger partial charge in [-0.1, -0.05) is 60.7 Å². The molecule has 2 aromatic rings. The van der Waals surface area contributed by atoms with Crippen LogP contribution in [0.1, 0.15) is 18.9 Å². The molecule has 0 radical (unpaired) electrons. The lowest BCUT2D eigenvalue weighted by Crippen LogP contribution is -2.51. The van der Waals surface area contributed by atoms with E-state index >= 15 is 0 Å². The van der Waals surface area contributed by atoms with Gasteiger partial charge in [-0.15, -0.1) is 0 Å². The summed E-state index contributed by atoms with van der Waals surface area (Å²) in [6, 6.07) is 21.9. The summed E-state index contributed by atoms with van der Waals surface area (Å²) < 4.78 is 5.77. The van der Waals surface area contributed by atoms with Crippen LogP contribution in [0.5, 0.6) is 0 Å². The van der Waals surface area contributed by atoms with Crippen molar-refractivity contribution < 1.29 is 4.74 Å². The van der Waals surface area contributed by atoms with Gasteiger partial charge < -0.3 is 9.64 Å². The predicted octanol–water partition coefficient (Wildman–Crippen LogP) is 4.38. The minimum atomic E-state index is 0.395. The number of rotatable bonds is 4. The molecule has 1 saturated heterocycles. The second kappa shape index (κ2) is 7.28. The van der Waals surface area contributed by atoms with Crippen LogP contribution in [-0.2, 0) is 4.74 Å². The van der Waals surface area contributed by atoms with Gasteiger partial charge in [-0.25, -0.2) is 0 Å². The zero-order valence-electron chi connectivity index (χ0n) is 13.1. The standard InChI is InChI=1S/C20H23NO/c1-17-15-22-16-20(21(17)19-12-6-3-7-13-19)14-8-11-18-9-4-2-5-10-18/h2-13,17,20H,14-16H2,1H3/b11-8+/t17-,20+/m0/s1. The second-order valence-corrected chi connectivity index (χ2v) is 5.83. The van der Waals surface area contributed by atoms with Crippen molar-refractivity contribution in [3.05, 3.63) is 72.3 Å². The molecule has 0 aliphatic carbocycles. The molecule has 0 spiro atoms. The van der Waals surface area contributed by atoms with Crippen LogP contribution in [0.4, 0.5) is 5.69 Å². The number of anilines is 1. The van der Waals surface area contributed by atoms with E-state index in [-0.39, 0.29) is 0 Å². The first kappa shape index (κ1) is 14.9. The van der Waals surface area contributed by atoms with E-state index in [9.17, 15) is 0 Å². The van der Waals surface area contributed by atoms with Crippen molar-refractivity contribution in [2.24, 2.45) is 0 Å². The number of morpholine rings is 1. The van der Waals surface area contributed by atoms with Crippen molar-refractivity contribution in [3.63, 3.8) is 0 Å². The van der Waals surface area contributed by atoms with Crippen LogP contribution in [0.15, 0.2) is 66.7 Å². The van der Waals surface area contributed by atoms with Crippen LogP contribution >= 0.6 is 0 Å². The third-order valence-corrected chi connectivity index (χ3v) is 4.11. The fourth-order valence-corrected chi connectivity index (χ4v) is 3.07. The Hall–Kier alpha value is -2.06. The molecule has 0 amide bonds. The molecule has 2 atom stereocenters. The van der Waals surface area contributed by atoms with E-state index in [0.29, 0.717) is 12.1 Å². The Labute approximate surface area is 133 Å². The molecular formula is C20H23NO. The minimum absolute atomic E-state index is 0.395. The average Bonchev–Trinajstić information content (AvgIpc) is 2.57. The van der Waals surface area contributed by atoms with E-state index in [1.54, 1.807) is 0 Å². The smallest absolute Gasteiger partial charge is 0.0674 e. The van der Waals surface area contributed by atoms with E-state index in [2.05, 4.69) is 78.6 Å². The Bertz CT molecular complexity index is 594. The summed E-state index contributed by atoms with van der Waals surface area (Å²) in [5.74, 6) is 0. The third-order valence-electron chi connectivity index (χ3n) is 4.11. The van der Waals surface area contributed by atoms with E-state index < -0.39 is 0 Å². The Balaban J connectivity index is 1.71. The molecule has 3 rings (SSSR count). The normalized spacial score (nSPS) is 22.1. The summed E-state index contributed by atoms with van der Waals surface area (Å²) in [5.41, 5.74) is 2.54. The zero-order valence-corrected chi connectivity index (χ0v) is 13.1. The van der Waals surface area contributed by atoms with E-state index in [1.165, 1.54) is 11.3 Å². The Morgan fingerprint density at radius 3 is 2.41 bits per heavy atom. The quantitative estimate of drug-likeness (QED) is 0.829. The molecule has 1 heterocycles. The number of benzene rings is 2. The molecule has 1 aliphatic rings. The maximum atomic E-state index is 5.77. The first-order valence-electron chi connectivity index (χ1n) is 7.97. The van der Waals surface area contributed by atoms with E-state index in [1.807, 2.05) is 6.07 Å². The molecule has 2 heteroatoms. The average molecular weight is 293 g/mol. The monoisotopic (exact) mass is 293 g/mol. The van der Waals surface area contributed by atoms with Crippen LogP contribution in [0, 0.1) is 0 Å². The van der Waals surface area contributed by atoms with Crippen molar-refractivity contribution in [3.8, 4) is 0 Å². The number of para-hydroxylation sites is 1. The van der Waals surface area contributed by atoms with Gasteiger partial charge in [0.05, 0.1) is 19.3 Å². The number of ether oxygens (including phenoxy) is 1. The van der Waals surface area contributed by atoms with Gasteiger partial charge in [0.2, 0.25) is 0 Å². The van der Waals surface area contributed by atoms with Gasteiger partial charge >= 0.3 is 0 Å². The zero-order chi connectivity index (χ0) is 15.2. The number of nitrogens with zero attached hydrogens (tertiary/aromatic N) is 1. The van der Waals surface area contributed by atoms with Gasteiger partial charge in [0.15, 0.2) is 0 Å². The highest BCUT2D eigenvalue weighted by atomic mass is 16.5.